The lowest BCUT2D eigenvalue weighted by atomic mass is 10.2. The molecule has 10 heteroatoms. The number of thioether (sulfide) groups is 1. The Balaban J connectivity index is 1.46. The zero-order valence-corrected chi connectivity index (χ0v) is 15.9. The summed E-state index contributed by atoms with van der Waals surface area (Å²) in [5, 5.41) is 18.6. The van der Waals surface area contributed by atoms with Gasteiger partial charge in [0, 0.05) is 6.20 Å². The second kappa shape index (κ2) is 8.76. The molecule has 3 rings (SSSR count). The van der Waals surface area contributed by atoms with Crippen LogP contribution in [0.5, 0.6) is 0 Å². The Bertz CT molecular complexity index is 891. The third kappa shape index (κ3) is 5.36. The molecule has 0 atom stereocenters. The number of anilines is 1. The Labute approximate surface area is 160 Å². The molecule has 0 aliphatic rings. The molecule has 0 unspecified atom stereocenters. The normalized spacial score (nSPS) is 11.1. The molecule has 0 radical (unpaired) electrons. The van der Waals surface area contributed by atoms with Crippen molar-refractivity contribution in [1.29, 1.82) is 0 Å². The van der Waals surface area contributed by atoms with Crippen LogP contribution in [0.25, 0.3) is 0 Å². The van der Waals surface area contributed by atoms with E-state index in [2.05, 4.69) is 25.9 Å². The van der Waals surface area contributed by atoms with Crippen LogP contribution in [0.2, 0.25) is 0 Å². The Kier molecular flexibility index (Phi) is 6.17. The van der Waals surface area contributed by atoms with Crippen molar-refractivity contribution in [2.45, 2.75) is 32.2 Å². The molecule has 2 aromatic heterocycles. The summed E-state index contributed by atoms with van der Waals surface area (Å²) in [6, 6.07) is 6.41. The zero-order chi connectivity index (χ0) is 19.2. The van der Waals surface area contributed by atoms with E-state index in [1.807, 2.05) is 13.8 Å². The van der Waals surface area contributed by atoms with E-state index in [1.54, 1.807) is 33.9 Å². The summed E-state index contributed by atoms with van der Waals surface area (Å²) in [4.78, 5) is 12.1. The summed E-state index contributed by atoms with van der Waals surface area (Å²) in [6.07, 6.45) is 3.33. The van der Waals surface area contributed by atoms with E-state index in [0.29, 0.717) is 18.0 Å². The van der Waals surface area contributed by atoms with Crippen molar-refractivity contribution >= 4 is 23.4 Å². The molecular weight excluding hydrogens is 369 g/mol. The van der Waals surface area contributed by atoms with Gasteiger partial charge in [0.15, 0.2) is 5.82 Å². The lowest BCUT2D eigenvalue weighted by Crippen LogP contribution is -2.14. The molecule has 27 heavy (non-hydrogen) atoms. The Hall–Kier alpha value is -2.75. The number of carbonyl (C=O) groups excluding carboxylic acids is 1. The fraction of sp³-hybridized carbons (Fsp3) is 0.353. The van der Waals surface area contributed by atoms with Crippen molar-refractivity contribution in [3.8, 4) is 0 Å². The van der Waals surface area contributed by atoms with E-state index in [0.717, 1.165) is 11.4 Å². The molecule has 1 amide bonds. The average Bonchev–Trinajstić information content (AvgIpc) is 3.26. The highest BCUT2D eigenvalue weighted by molar-refractivity contribution is 7.99. The smallest absolute Gasteiger partial charge is 0.234 e. The first-order chi connectivity index (χ1) is 13.0. The quantitative estimate of drug-likeness (QED) is 0.637. The summed E-state index contributed by atoms with van der Waals surface area (Å²) in [7, 11) is 0. The predicted molar refractivity (Wildman–Crippen MR) is 101 cm³/mol. The Morgan fingerprint density at radius 2 is 2.07 bits per heavy atom. The molecule has 2 heterocycles. The molecule has 0 saturated carbocycles. The van der Waals surface area contributed by atoms with Crippen LogP contribution in [-0.4, -0.2) is 41.6 Å². The number of nitrogens with one attached hydrogen (secondary N) is 1. The third-order valence-electron chi connectivity index (χ3n) is 3.69. The van der Waals surface area contributed by atoms with Gasteiger partial charge in [-0.2, -0.15) is 5.10 Å². The number of hydrogen-bond donors (Lipinski definition) is 1. The van der Waals surface area contributed by atoms with Crippen LogP contribution in [0, 0.1) is 5.82 Å². The van der Waals surface area contributed by atoms with Crippen LogP contribution in [0.4, 0.5) is 10.1 Å². The number of carbonyl (C=O) groups is 1. The van der Waals surface area contributed by atoms with Crippen LogP contribution in [0.1, 0.15) is 31.3 Å². The summed E-state index contributed by atoms with van der Waals surface area (Å²) in [5.41, 5.74) is 1.55. The summed E-state index contributed by atoms with van der Waals surface area (Å²) in [6.45, 7) is 4.50. The fourth-order valence-corrected chi connectivity index (χ4v) is 3.16. The van der Waals surface area contributed by atoms with Gasteiger partial charge >= 0.3 is 0 Å². The van der Waals surface area contributed by atoms with Gasteiger partial charge in [-0.25, -0.2) is 9.07 Å². The van der Waals surface area contributed by atoms with Gasteiger partial charge in [-0.05, 0) is 42.0 Å². The largest absolute Gasteiger partial charge is 0.323 e. The predicted octanol–water partition coefficient (Wildman–Crippen LogP) is 2.51. The number of rotatable bonds is 8. The van der Waals surface area contributed by atoms with Crippen LogP contribution in [0.3, 0.4) is 0 Å². The molecule has 1 aromatic carbocycles. The van der Waals surface area contributed by atoms with E-state index in [-0.39, 0.29) is 23.5 Å². The molecular formula is C17H20FN7OS. The van der Waals surface area contributed by atoms with E-state index < -0.39 is 0 Å². The van der Waals surface area contributed by atoms with Gasteiger partial charge < -0.3 is 5.32 Å². The lowest BCUT2D eigenvalue weighted by molar-refractivity contribution is -0.113. The monoisotopic (exact) mass is 389 g/mol. The molecule has 0 aliphatic heterocycles. The van der Waals surface area contributed by atoms with Gasteiger partial charge in [0.25, 0.3) is 0 Å². The van der Waals surface area contributed by atoms with Crippen LogP contribution >= 0.6 is 11.8 Å². The van der Waals surface area contributed by atoms with Crippen molar-refractivity contribution in [2.24, 2.45) is 0 Å². The molecule has 0 aliphatic carbocycles. The Morgan fingerprint density at radius 1 is 1.30 bits per heavy atom. The molecule has 0 saturated heterocycles. The second-order valence-electron chi connectivity index (χ2n) is 6.23. The van der Waals surface area contributed by atoms with Crippen molar-refractivity contribution in [1.82, 2.24) is 30.0 Å². The first-order valence-corrected chi connectivity index (χ1v) is 9.58. The van der Waals surface area contributed by atoms with E-state index >= 15 is 0 Å². The number of benzene rings is 1. The number of amides is 1. The van der Waals surface area contributed by atoms with Gasteiger partial charge in [0.1, 0.15) is 5.82 Å². The van der Waals surface area contributed by atoms with E-state index in [9.17, 15) is 9.18 Å². The van der Waals surface area contributed by atoms with Crippen LogP contribution in [0.15, 0.2) is 36.7 Å². The van der Waals surface area contributed by atoms with Crippen molar-refractivity contribution < 1.29 is 9.18 Å². The minimum atomic E-state index is -0.271. The molecule has 3 aromatic rings. The maximum Gasteiger partial charge on any atom is 0.234 e. The van der Waals surface area contributed by atoms with Gasteiger partial charge in [-0.15, -0.1) is 16.9 Å². The molecule has 142 valence electrons. The number of aromatic nitrogens is 6. The van der Waals surface area contributed by atoms with Crippen LogP contribution in [-0.2, 0) is 17.1 Å². The molecule has 0 fully saturated rings. The maximum absolute atomic E-state index is 12.9. The minimum absolute atomic E-state index is 0.120. The van der Waals surface area contributed by atoms with Crippen LogP contribution < -0.4 is 5.32 Å². The molecule has 0 bridgehead atoms. The molecule has 8 nitrogen and oxygen atoms in total. The Morgan fingerprint density at radius 3 is 2.81 bits per heavy atom. The molecule has 1 N–H and O–H groups in total. The third-order valence-corrected chi connectivity index (χ3v) is 4.62. The van der Waals surface area contributed by atoms with Crippen molar-refractivity contribution in [3.63, 3.8) is 0 Å². The maximum atomic E-state index is 12.9. The first-order valence-electron chi connectivity index (χ1n) is 8.42. The highest BCUT2D eigenvalue weighted by Gasteiger charge is 2.11. The van der Waals surface area contributed by atoms with Gasteiger partial charge in [0.2, 0.25) is 5.91 Å². The average molecular weight is 389 g/mol. The summed E-state index contributed by atoms with van der Waals surface area (Å²) >= 11 is 1.44. The fourth-order valence-electron chi connectivity index (χ4n) is 2.43. The summed E-state index contributed by atoms with van der Waals surface area (Å²) in [5.74, 6) is 1.20. The molecule has 0 spiro atoms. The van der Waals surface area contributed by atoms with Gasteiger partial charge in [0.05, 0.1) is 36.0 Å². The standard InChI is InChI=1S/C17H20FN7OS/c1-12(2)25-16(21-22-23-25)10-27-11-17(26)20-15-7-19-24(9-15)8-13-3-5-14(18)6-4-13/h3-7,9,12H,8,10-11H2,1-2H3,(H,20,26). The number of halogens is 1. The van der Waals surface area contributed by atoms with Gasteiger partial charge in [-0.1, -0.05) is 12.1 Å². The SMILES string of the molecule is CC(C)n1nnnc1CSCC(=O)Nc1cnn(Cc2ccc(F)cc2)c1. The number of tetrazole rings is 1. The summed E-state index contributed by atoms with van der Waals surface area (Å²) < 4.78 is 16.4. The second-order valence-corrected chi connectivity index (χ2v) is 7.21. The van der Waals surface area contributed by atoms with E-state index in [1.165, 1.54) is 23.9 Å². The zero-order valence-electron chi connectivity index (χ0n) is 15.0. The van der Waals surface area contributed by atoms with Crippen molar-refractivity contribution in [3.05, 3.63) is 53.9 Å². The topological polar surface area (TPSA) is 90.5 Å². The van der Waals surface area contributed by atoms with E-state index in [4.69, 9.17) is 0 Å². The lowest BCUT2D eigenvalue weighted by Gasteiger charge is -2.07. The number of hydrogen-bond acceptors (Lipinski definition) is 6. The highest BCUT2D eigenvalue weighted by atomic mass is 32.2. The van der Waals surface area contributed by atoms with Crippen molar-refractivity contribution in [2.75, 3.05) is 11.1 Å². The highest BCUT2D eigenvalue weighted by Crippen LogP contribution is 2.14. The minimum Gasteiger partial charge on any atom is -0.323 e. The number of nitrogens with zero attached hydrogens (tertiary/aromatic N) is 6. The first kappa shape index (κ1) is 19.0. The van der Waals surface area contributed by atoms with Gasteiger partial charge in [-0.3, -0.25) is 9.48 Å².